The maximum atomic E-state index is 13.0. The quantitative estimate of drug-likeness (QED) is 0.836. The molecule has 126 valence electrons. The van der Waals surface area contributed by atoms with Crippen LogP contribution in [0.15, 0.2) is 53.0 Å². The minimum Gasteiger partial charge on any atom is -0.326 e. The van der Waals surface area contributed by atoms with Crippen LogP contribution in [0.5, 0.6) is 0 Å². The third-order valence-electron chi connectivity index (χ3n) is 4.29. The molecule has 1 heterocycles. The standard InChI is InChI=1S/C19H20BrFN2O/c20-16-4-1-5-18(11-16)22-19(24)15-3-2-10-23(13-15)12-14-6-8-17(21)9-7-14/h1,4-9,11,15H,2-3,10,12-13H2,(H,22,24). The summed E-state index contributed by atoms with van der Waals surface area (Å²) in [5.74, 6) is -0.168. The highest BCUT2D eigenvalue weighted by atomic mass is 79.9. The Kier molecular flexibility index (Phi) is 5.63. The van der Waals surface area contributed by atoms with Crippen LogP contribution in [-0.2, 0) is 11.3 Å². The summed E-state index contributed by atoms with van der Waals surface area (Å²) in [5, 5.41) is 3.00. The summed E-state index contributed by atoms with van der Waals surface area (Å²) in [6, 6.07) is 14.2. The summed E-state index contributed by atoms with van der Waals surface area (Å²) in [5.41, 5.74) is 1.88. The molecule has 3 rings (SSSR count). The largest absolute Gasteiger partial charge is 0.326 e. The summed E-state index contributed by atoms with van der Waals surface area (Å²) in [6.07, 6.45) is 1.90. The van der Waals surface area contributed by atoms with Gasteiger partial charge in [-0.2, -0.15) is 0 Å². The number of rotatable bonds is 4. The van der Waals surface area contributed by atoms with E-state index in [0.29, 0.717) is 0 Å². The first-order chi connectivity index (χ1) is 11.6. The van der Waals surface area contributed by atoms with E-state index in [1.54, 1.807) is 12.1 Å². The molecule has 0 saturated carbocycles. The minimum absolute atomic E-state index is 0.0156. The van der Waals surface area contributed by atoms with Crippen LogP contribution in [0.3, 0.4) is 0 Å². The fraction of sp³-hybridized carbons (Fsp3) is 0.316. The first-order valence-corrected chi connectivity index (χ1v) is 8.93. The van der Waals surface area contributed by atoms with E-state index >= 15 is 0 Å². The second-order valence-electron chi connectivity index (χ2n) is 6.20. The molecule has 0 aliphatic carbocycles. The van der Waals surface area contributed by atoms with Gasteiger partial charge in [0.05, 0.1) is 5.92 Å². The fourth-order valence-corrected chi connectivity index (χ4v) is 3.47. The number of anilines is 1. The number of hydrogen-bond donors (Lipinski definition) is 1. The van der Waals surface area contributed by atoms with E-state index in [1.807, 2.05) is 24.3 Å². The van der Waals surface area contributed by atoms with Crippen molar-refractivity contribution in [1.82, 2.24) is 4.90 Å². The van der Waals surface area contributed by atoms with E-state index in [2.05, 4.69) is 26.1 Å². The van der Waals surface area contributed by atoms with E-state index in [1.165, 1.54) is 12.1 Å². The topological polar surface area (TPSA) is 32.3 Å². The molecule has 2 aromatic carbocycles. The van der Waals surface area contributed by atoms with E-state index < -0.39 is 0 Å². The molecule has 2 aromatic rings. The molecule has 0 aromatic heterocycles. The molecule has 0 radical (unpaired) electrons. The number of amides is 1. The molecule has 1 aliphatic heterocycles. The van der Waals surface area contributed by atoms with Crippen molar-refractivity contribution in [3.8, 4) is 0 Å². The molecule has 1 amide bonds. The van der Waals surface area contributed by atoms with E-state index in [9.17, 15) is 9.18 Å². The van der Waals surface area contributed by atoms with Gasteiger partial charge in [-0.3, -0.25) is 9.69 Å². The molecule has 0 bridgehead atoms. The maximum Gasteiger partial charge on any atom is 0.228 e. The summed E-state index contributed by atoms with van der Waals surface area (Å²) in [4.78, 5) is 14.8. The van der Waals surface area contributed by atoms with Crippen molar-refractivity contribution in [2.45, 2.75) is 19.4 Å². The summed E-state index contributed by atoms with van der Waals surface area (Å²) in [6.45, 7) is 2.45. The van der Waals surface area contributed by atoms with Crippen LogP contribution in [-0.4, -0.2) is 23.9 Å². The average molecular weight is 391 g/mol. The number of halogens is 2. The first-order valence-electron chi connectivity index (χ1n) is 8.13. The molecule has 24 heavy (non-hydrogen) atoms. The van der Waals surface area contributed by atoms with Gasteiger partial charge >= 0.3 is 0 Å². The van der Waals surface area contributed by atoms with Crippen molar-refractivity contribution in [2.75, 3.05) is 18.4 Å². The summed E-state index contributed by atoms with van der Waals surface area (Å²) in [7, 11) is 0. The lowest BCUT2D eigenvalue weighted by molar-refractivity contribution is -0.121. The van der Waals surface area contributed by atoms with Gasteiger partial charge in [-0.15, -0.1) is 0 Å². The third kappa shape index (κ3) is 4.65. The van der Waals surface area contributed by atoms with Crippen molar-refractivity contribution in [1.29, 1.82) is 0 Å². The van der Waals surface area contributed by atoms with E-state index in [0.717, 1.165) is 48.2 Å². The fourth-order valence-electron chi connectivity index (χ4n) is 3.07. The Morgan fingerprint density at radius 2 is 2.04 bits per heavy atom. The monoisotopic (exact) mass is 390 g/mol. The normalized spacial score (nSPS) is 18.3. The van der Waals surface area contributed by atoms with Gasteiger partial charge in [0.25, 0.3) is 0 Å². The van der Waals surface area contributed by atoms with Gasteiger partial charge in [0.15, 0.2) is 0 Å². The highest BCUT2D eigenvalue weighted by molar-refractivity contribution is 9.10. The highest BCUT2D eigenvalue weighted by Gasteiger charge is 2.25. The smallest absolute Gasteiger partial charge is 0.228 e. The molecule has 3 nitrogen and oxygen atoms in total. The molecule has 0 spiro atoms. The molecule has 1 atom stereocenters. The Balaban J connectivity index is 1.58. The molecular weight excluding hydrogens is 371 g/mol. The molecule has 1 saturated heterocycles. The van der Waals surface area contributed by atoms with Crippen molar-refractivity contribution >= 4 is 27.5 Å². The van der Waals surface area contributed by atoms with Gasteiger partial charge in [0, 0.05) is 23.2 Å². The lowest BCUT2D eigenvalue weighted by Gasteiger charge is -2.32. The summed E-state index contributed by atoms with van der Waals surface area (Å²) >= 11 is 3.41. The van der Waals surface area contributed by atoms with E-state index in [4.69, 9.17) is 0 Å². The third-order valence-corrected chi connectivity index (χ3v) is 4.78. The van der Waals surface area contributed by atoms with Gasteiger partial charge in [0.2, 0.25) is 5.91 Å². The van der Waals surface area contributed by atoms with Crippen molar-refractivity contribution in [2.24, 2.45) is 5.92 Å². The highest BCUT2D eigenvalue weighted by Crippen LogP contribution is 2.22. The number of hydrogen-bond acceptors (Lipinski definition) is 2. The molecule has 1 fully saturated rings. The van der Waals surface area contributed by atoms with Crippen molar-refractivity contribution in [3.63, 3.8) is 0 Å². The predicted octanol–water partition coefficient (Wildman–Crippen LogP) is 4.44. The average Bonchev–Trinajstić information content (AvgIpc) is 2.57. The zero-order valence-corrected chi connectivity index (χ0v) is 14.9. The van der Waals surface area contributed by atoms with Crippen LogP contribution in [0.4, 0.5) is 10.1 Å². The number of likely N-dealkylation sites (tertiary alicyclic amines) is 1. The Bertz CT molecular complexity index is 705. The van der Waals surface area contributed by atoms with Crippen LogP contribution in [0, 0.1) is 11.7 Å². The maximum absolute atomic E-state index is 13.0. The first kappa shape index (κ1) is 17.1. The number of carbonyl (C=O) groups is 1. The second kappa shape index (κ2) is 7.90. The van der Waals surface area contributed by atoms with Gasteiger partial charge in [-0.05, 0) is 55.3 Å². The second-order valence-corrected chi connectivity index (χ2v) is 7.12. The lowest BCUT2D eigenvalue weighted by Crippen LogP contribution is -2.40. The van der Waals surface area contributed by atoms with E-state index in [-0.39, 0.29) is 17.6 Å². The lowest BCUT2D eigenvalue weighted by atomic mass is 9.96. The van der Waals surface area contributed by atoms with Crippen LogP contribution in [0.2, 0.25) is 0 Å². The number of piperidine rings is 1. The number of benzene rings is 2. The van der Waals surface area contributed by atoms with Crippen LogP contribution < -0.4 is 5.32 Å². The number of nitrogens with one attached hydrogen (secondary N) is 1. The van der Waals surface area contributed by atoms with Crippen molar-refractivity contribution in [3.05, 3.63) is 64.4 Å². The van der Waals surface area contributed by atoms with Gasteiger partial charge in [-0.1, -0.05) is 34.1 Å². The van der Waals surface area contributed by atoms with Crippen LogP contribution in [0.1, 0.15) is 18.4 Å². The molecule has 1 aliphatic rings. The van der Waals surface area contributed by atoms with Gasteiger partial charge < -0.3 is 5.32 Å². The number of nitrogens with zero attached hydrogens (tertiary/aromatic N) is 1. The zero-order chi connectivity index (χ0) is 16.9. The Hall–Kier alpha value is -1.72. The van der Waals surface area contributed by atoms with Gasteiger partial charge in [0.1, 0.15) is 5.82 Å². The van der Waals surface area contributed by atoms with Crippen LogP contribution in [0.25, 0.3) is 0 Å². The molecule has 1 unspecified atom stereocenters. The molecule has 1 N–H and O–H groups in total. The zero-order valence-electron chi connectivity index (χ0n) is 13.3. The predicted molar refractivity (Wildman–Crippen MR) is 97.2 cm³/mol. The van der Waals surface area contributed by atoms with Crippen LogP contribution >= 0.6 is 15.9 Å². The minimum atomic E-state index is -0.219. The Morgan fingerprint density at radius 3 is 2.79 bits per heavy atom. The van der Waals surface area contributed by atoms with Crippen molar-refractivity contribution < 1.29 is 9.18 Å². The summed E-state index contributed by atoms with van der Waals surface area (Å²) < 4.78 is 13.9. The molecular formula is C19H20BrFN2O. The number of carbonyl (C=O) groups excluding carboxylic acids is 1. The van der Waals surface area contributed by atoms with Gasteiger partial charge in [-0.25, -0.2) is 4.39 Å². The SMILES string of the molecule is O=C(Nc1cccc(Br)c1)C1CCCN(Cc2ccc(F)cc2)C1. The Labute approximate surface area is 150 Å². The Morgan fingerprint density at radius 1 is 1.25 bits per heavy atom. The molecule has 5 heteroatoms.